The summed E-state index contributed by atoms with van der Waals surface area (Å²) in [6.07, 6.45) is 0. The molecule has 144 valence electrons. The number of hydrogen-bond donors (Lipinski definition) is 1. The van der Waals surface area contributed by atoms with Gasteiger partial charge in [0.1, 0.15) is 0 Å². The Morgan fingerprint density at radius 1 is 0.517 bits per heavy atom. The highest BCUT2D eigenvalue weighted by atomic mass is 31.1. The van der Waals surface area contributed by atoms with Crippen molar-refractivity contribution in [1.29, 1.82) is 0 Å². The minimum atomic E-state index is -0.625. The van der Waals surface area contributed by atoms with Crippen LogP contribution in [0.5, 0.6) is 0 Å². The molecule has 29 heavy (non-hydrogen) atoms. The van der Waals surface area contributed by atoms with E-state index >= 15 is 0 Å². The fourth-order valence-electron chi connectivity index (χ4n) is 3.65. The van der Waals surface area contributed by atoms with Crippen LogP contribution in [0, 0.1) is 0 Å². The van der Waals surface area contributed by atoms with Gasteiger partial charge in [-0.15, -0.1) is 0 Å². The zero-order valence-electron chi connectivity index (χ0n) is 16.6. The van der Waals surface area contributed by atoms with Crippen LogP contribution in [0.15, 0.2) is 121 Å². The summed E-state index contributed by atoms with van der Waals surface area (Å²) in [6.45, 7) is 2.26. The SMILES string of the molecule is C[C@H](N[C@@H](c1ccccc1)P(c1ccccc1)c1ccccc1)c1ccccc1. The van der Waals surface area contributed by atoms with Crippen LogP contribution in [-0.2, 0) is 0 Å². The molecule has 0 aliphatic heterocycles. The van der Waals surface area contributed by atoms with Crippen molar-refractivity contribution in [3.8, 4) is 0 Å². The summed E-state index contributed by atoms with van der Waals surface area (Å²) in [5.74, 6) is 0.214. The van der Waals surface area contributed by atoms with Crippen molar-refractivity contribution >= 4 is 18.5 Å². The predicted molar refractivity (Wildman–Crippen MR) is 126 cm³/mol. The molecule has 0 fully saturated rings. The highest BCUT2D eigenvalue weighted by molar-refractivity contribution is 7.73. The van der Waals surface area contributed by atoms with Crippen LogP contribution in [0.4, 0.5) is 0 Å². The smallest absolute Gasteiger partial charge is 0.0610 e. The number of nitrogens with one attached hydrogen (secondary N) is 1. The number of hydrogen-bond acceptors (Lipinski definition) is 1. The third kappa shape index (κ3) is 4.82. The van der Waals surface area contributed by atoms with Crippen molar-refractivity contribution in [2.75, 3.05) is 0 Å². The molecular formula is C27H26NP. The van der Waals surface area contributed by atoms with Gasteiger partial charge in [0.05, 0.1) is 5.78 Å². The van der Waals surface area contributed by atoms with Crippen molar-refractivity contribution in [3.05, 3.63) is 132 Å². The fourth-order valence-corrected chi connectivity index (χ4v) is 6.38. The van der Waals surface area contributed by atoms with Gasteiger partial charge in [0.25, 0.3) is 0 Å². The standard InChI is InChI=1S/C27H26NP/c1-22(23-14-6-2-7-15-23)28-27(24-16-8-3-9-17-24)29(25-18-10-4-11-19-25)26-20-12-5-13-21-26/h2-22,27-28H,1H3/t22-,27+/m0/s1. The summed E-state index contributed by atoms with van der Waals surface area (Å²) in [5, 5.41) is 6.74. The van der Waals surface area contributed by atoms with Crippen LogP contribution in [0.25, 0.3) is 0 Å². The molecule has 0 spiro atoms. The lowest BCUT2D eigenvalue weighted by molar-refractivity contribution is 0.561. The summed E-state index contributed by atoms with van der Waals surface area (Å²) in [4.78, 5) is 0. The largest absolute Gasteiger partial charge is 0.299 e. The predicted octanol–water partition coefficient (Wildman–Crippen LogP) is 6.17. The molecule has 0 radical (unpaired) electrons. The molecule has 0 heterocycles. The first-order valence-electron chi connectivity index (χ1n) is 10.1. The van der Waals surface area contributed by atoms with Crippen LogP contribution in [0.1, 0.15) is 29.9 Å². The van der Waals surface area contributed by atoms with Crippen molar-refractivity contribution in [3.63, 3.8) is 0 Å². The Balaban J connectivity index is 1.79. The van der Waals surface area contributed by atoms with Gasteiger partial charge in [-0.2, -0.15) is 0 Å². The van der Waals surface area contributed by atoms with E-state index in [9.17, 15) is 0 Å². The van der Waals surface area contributed by atoms with E-state index in [1.54, 1.807) is 0 Å². The molecule has 0 unspecified atom stereocenters. The number of benzene rings is 4. The van der Waals surface area contributed by atoms with Crippen LogP contribution >= 0.6 is 7.92 Å². The van der Waals surface area contributed by atoms with Gasteiger partial charge in [-0.25, -0.2) is 0 Å². The maximum atomic E-state index is 3.98. The van der Waals surface area contributed by atoms with E-state index < -0.39 is 7.92 Å². The van der Waals surface area contributed by atoms with Crippen molar-refractivity contribution in [1.82, 2.24) is 5.32 Å². The summed E-state index contributed by atoms with van der Waals surface area (Å²) < 4.78 is 0. The van der Waals surface area contributed by atoms with Crippen molar-refractivity contribution in [2.45, 2.75) is 18.7 Å². The summed E-state index contributed by atoms with van der Waals surface area (Å²) in [7, 11) is -0.625. The fraction of sp³-hybridized carbons (Fsp3) is 0.111. The summed E-state index contributed by atoms with van der Waals surface area (Å²) in [6, 6.07) is 43.7. The molecule has 1 N–H and O–H groups in total. The molecule has 0 amide bonds. The normalized spacial score (nSPS) is 13.2. The van der Waals surface area contributed by atoms with Crippen LogP contribution < -0.4 is 15.9 Å². The maximum Gasteiger partial charge on any atom is 0.0610 e. The molecule has 2 atom stereocenters. The topological polar surface area (TPSA) is 12.0 Å². The molecular weight excluding hydrogens is 369 g/mol. The molecule has 2 heteroatoms. The van der Waals surface area contributed by atoms with Gasteiger partial charge < -0.3 is 0 Å². The lowest BCUT2D eigenvalue weighted by Crippen LogP contribution is -2.29. The maximum absolute atomic E-state index is 3.98. The molecule has 1 nitrogen and oxygen atoms in total. The second-order valence-corrected chi connectivity index (χ2v) is 9.44. The first-order valence-corrected chi connectivity index (χ1v) is 11.5. The molecule has 0 saturated carbocycles. The van der Waals surface area contributed by atoms with Crippen LogP contribution in [-0.4, -0.2) is 0 Å². The Bertz CT molecular complexity index is 948. The highest BCUT2D eigenvalue weighted by Crippen LogP contribution is 2.48. The van der Waals surface area contributed by atoms with Gasteiger partial charge in [-0.3, -0.25) is 5.32 Å². The lowest BCUT2D eigenvalue weighted by atomic mass is 10.1. The van der Waals surface area contributed by atoms with Gasteiger partial charge in [-0.1, -0.05) is 121 Å². The second kappa shape index (κ2) is 9.65. The molecule has 4 rings (SSSR count). The van der Waals surface area contributed by atoms with Crippen molar-refractivity contribution < 1.29 is 0 Å². The van der Waals surface area contributed by atoms with E-state index in [0.717, 1.165) is 0 Å². The Labute approximate surface area is 175 Å². The minimum Gasteiger partial charge on any atom is -0.299 e. The van der Waals surface area contributed by atoms with Crippen LogP contribution in [0.2, 0.25) is 0 Å². The summed E-state index contributed by atoms with van der Waals surface area (Å²) in [5.41, 5.74) is 2.64. The highest BCUT2D eigenvalue weighted by Gasteiger charge is 2.27. The third-order valence-electron chi connectivity index (χ3n) is 5.15. The molecule has 0 bridgehead atoms. The zero-order chi connectivity index (χ0) is 19.9. The molecule has 0 aromatic heterocycles. The Hall–Kier alpha value is -2.73. The monoisotopic (exact) mass is 395 g/mol. The molecule has 0 aliphatic carbocycles. The Kier molecular flexibility index (Phi) is 6.52. The van der Waals surface area contributed by atoms with Gasteiger partial charge in [0.2, 0.25) is 0 Å². The van der Waals surface area contributed by atoms with Gasteiger partial charge in [0, 0.05) is 6.04 Å². The average molecular weight is 395 g/mol. The molecule has 4 aromatic carbocycles. The van der Waals surface area contributed by atoms with Crippen molar-refractivity contribution in [2.24, 2.45) is 0 Å². The quantitative estimate of drug-likeness (QED) is 0.369. The van der Waals surface area contributed by atoms with E-state index in [-0.39, 0.29) is 11.8 Å². The molecule has 0 aliphatic rings. The number of rotatable bonds is 7. The first-order chi connectivity index (χ1) is 14.3. The van der Waals surface area contributed by atoms with Gasteiger partial charge >= 0.3 is 0 Å². The zero-order valence-corrected chi connectivity index (χ0v) is 17.5. The Morgan fingerprint density at radius 2 is 0.897 bits per heavy atom. The van der Waals surface area contributed by atoms with Gasteiger partial charge in [0.15, 0.2) is 0 Å². The van der Waals surface area contributed by atoms with E-state index in [4.69, 9.17) is 0 Å². The van der Waals surface area contributed by atoms with E-state index in [1.165, 1.54) is 21.7 Å². The Morgan fingerprint density at radius 3 is 1.34 bits per heavy atom. The van der Waals surface area contributed by atoms with E-state index in [2.05, 4.69) is 134 Å². The van der Waals surface area contributed by atoms with Gasteiger partial charge in [-0.05, 0) is 36.6 Å². The molecule has 4 aromatic rings. The molecule has 0 saturated heterocycles. The lowest BCUT2D eigenvalue weighted by Gasteiger charge is -2.32. The van der Waals surface area contributed by atoms with E-state index in [1.807, 2.05) is 0 Å². The second-order valence-electron chi connectivity index (χ2n) is 7.15. The van der Waals surface area contributed by atoms with E-state index in [0.29, 0.717) is 0 Å². The average Bonchev–Trinajstić information content (AvgIpc) is 2.81. The van der Waals surface area contributed by atoms with Crippen LogP contribution in [0.3, 0.4) is 0 Å². The minimum absolute atomic E-state index is 0.214. The first kappa shape index (κ1) is 19.6. The summed E-state index contributed by atoms with van der Waals surface area (Å²) >= 11 is 0. The third-order valence-corrected chi connectivity index (χ3v) is 7.82.